The van der Waals surface area contributed by atoms with E-state index in [1.165, 1.54) is 36.4 Å². The number of nitrogens with two attached hydrogens (primary N) is 1. The summed E-state index contributed by atoms with van der Waals surface area (Å²) in [5.74, 6) is -5.68. The molecule has 0 fully saturated rings. The summed E-state index contributed by atoms with van der Waals surface area (Å²) in [6, 6.07) is 16.7. The van der Waals surface area contributed by atoms with Crippen molar-refractivity contribution in [1.82, 2.24) is 0 Å². The van der Waals surface area contributed by atoms with Gasteiger partial charge in [-0.3, -0.25) is 0 Å². The smallest absolute Gasteiger partial charge is 0.336 e. The van der Waals surface area contributed by atoms with Crippen molar-refractivity contribution in [2.75, 3.05) is 6.17 Å². The van der Waals surface area contributed by atoms with E-state index < -0.39 is 54.2 Å². The predicted molar refractivity (Wildman–Crippen MR) is 121 cm³/mol. The summed E-state index contributed by atoms with van der Waals surface area (Å²) in [4.78, 5) is 46.7. The Bertz CT molecular complexity index is 1200. The van der Waals surface area contributed by atoms with Gasteiger partial charge in [-0.1, -0.05) is 42.5 Å². The highest BCUT2D eigenvalue weighted by molar-refractivity contribution is 7.11. The topological polar surface area (TPSA) is 175 Å². The normalized spacial score (nSPS) is 11.1. The summed E-state index contributed by atoms with van der Waals surface area (Å²) >= 11 is 0. The summed E-state index contributed by atoms with van der Waals surface area (Å²) < 4.78 is 0. The van der Waals surface area contributed by atoms with Crippen LogP contribution in [0.1, 0.15) is 41.4 Å². The van der Waals surface area contributed by atoms with Crippen LogP contribution in [0, 0.1) is 0 Å². The maximum atomic E-state index is 11.8. The van der Waals surface area contributed by atoms with Crippen LogP contribution >= 0.6 is 0 Å². The molecule has 0 aliphatic rings. The molecular weight excluding hydrogens is 446 g/mol. The molecule has 9 nitrogen and oxygen atoms in total. The third kappa shape index (κ3) is 4.12. The van der Waals surface area contributed by atoms with Crippen LogP contribution < -0.4 is 21.3 Å². The van der Waals surface area contributed by atoms with Crippen molar-refractivity contribution in [3.8, 4) is 0 Å². The minimum Gasteiger partial charge on any atom is -0.478 e. The van der Waals surface area contributed by atoms with Crippen LogP contribution in [0.25, 0.3) is 0 Å². The molecule has 0 radical (unpaired) electrons. The van der Waals surface area contributed by atoms with E-state index >= 15 is 0 Å². The van der Waals surface area contributed by atoms with Crippen LogP contribution in [0.15, 0.2) is 66.7 Å². The van der Waals surface area contributed by atoms with Gasteiger partial charge in [-0.25, -0.2) is 19.2 Å². The fraction of sp³-hybridized carbons (Fsp3) is 0.0435. The molecule has 0 saturated carbocycles. The Hall–Kier alpha value is -4.28. The quantitative estimate of drug-likeness (QED) is 0.233. The molecule has 0 spiro atoms. The first-order valence-electron chi connectivity index (χ1n) is 9.61. The van der Waals surface area contributed by atoms with Gasteiger partial charge in [0.05, 0.1) is 22.3 Å². The third-order valence-corrected chi connectivity index (χ3v) is 10.0. The van der Waals surface area contributed by atoms with Gasteiger partial charge in [0.1, 0.15) is 0 Å². The van der Waals surface area contributed by atoms with Gasteiger partial charge in [0.25, 0.3) is 0 Å². The van der Waals surface area contributed by atoms with Gasteiger partial charge in [-0.2, -0.15) is 0 Å². The molecule has 3 rings (SSSR count). The van der Waals surface area contributed by atoms with Crippen molar-refractivity contribution in [2.45, 2.75) is 0 Å². The van der Waals surface area contributed by atoms with Gasteiger partial charge in [0.2, 0.25) is 0 Å². The number of carboxylic acids is 4. The molecule has 0 heterocycles. The maximum absolute atomic E-state index is 11.8. The molecule has 3 aromatic rings. The average Bonchev–Trinajstić information content (AvgIpc) is 2.80. The lowest BCUT2D eigenvalue weighted by Crippen LogP contribution is -2.72. The molecule has 33 heavy (non-hydrogen) atoms. The molecule has 6 N–H and O–H groups in total. The van der Waals surface area contributed by atoms with Crippen LogP contribution in [0.5, 0.6) is 0 Å². The first-order valence-corrected chi connectivity index (χ1v) is 11.8. The van der Waals surface area contributed by atoms with Gasteiger partial charge in [0.15, 0.2) is 8.07 Å². The van der Waals surface area contributed by atoms with E-state index in [2.05, 4.69) is 0 Å². The highest BCUT2D eigenvalue weighted by atomic mass is 28.3. The van der Waals surface area contributed by atoms with Crippen LogP contribution in [0.3, 0.4) is 0 Å². The number of benzene rings is 3. The number of carboxylic acid groups (broad SMARTS) is 4. The van der Waals surface area contributed by atoms with Gasteiger partial charge in [0, 0.05) is 0 Å². The minimum atomic E-state index is -3.30. The van der Waals surface area contributed by atoms with Crippen molar-refractivity contribution in [1.29, 1.82) is 0 Å². The zero-order chi connectivity index (χ0) is 24.3. The van der Waals surface area contributed by atoms with Crippen LogP contribution in [-0.2, 0) is 0 Å². The van der Waals surface area contributed by atoms with Gasteiger partial charge >= 0.3 is 23.9 Å². The first kappa shape index (κ1) is 23.4. The highest BCUT2D eigenvalue weighted by Gasteiger charge is 2.40. The Morgan fingerprint density at radius 1 is 0.576 bits per heavy atom. The molecule has 0 unspecified atom stereocenters. The van der Waals surface area contributed by atoms with E-state index in [4.69, 9.17) is 5.73 Å². The minimum absolute atomic E-state index is 0.0199. The van der Waals surface area contributed by atoms with E-state index in [0.29, 0.717) is 15.6 Å². The lowest BCUT2D eigenvalue weighted by molar-refractivity contribution is 0.0651. The Kier molecular flexibility index (Phi) is 6.42. The van der Waals surface area contributed by atoms with Crippen molar-refractivity contribution in [3.63, 3.8) is 0 Å². The molecule has 0 aliphatic carbocycles. The summed E-state index contributed by atoms with van der Waals surface area (Å²) in [6.07, 6.45) is -0.0199. The number of carbonyl (C=O) groups is 4. The fourth-order valence-electron chi connectivity index (χ4n) is 3.92. The SMILES string of the molecule is NC[Si](c1ccccc1)(c1ccc(C(=O)O)c(C(=O)O)c1)c1ccc(C(=O)O)c(C(=O)O)c1. The molecule has 0 aliphatic heterocycles. The van der Waals surface area contributed by atoms with Crippen LogP contribution in [0.2, 0.25) is 0 Å². The Morgan fingerprint density at radius 3 is 1.30 bits per heavy atom. The molecule has 0 saturated heterocycles. The van der Waals surface area contributed by atoms with E-state index in [0.717, 1.165) is 0 Å². The monoisotopic (exact) mass is 465 g/mol. The Morgan fingerprint density at radius 2 is 0.970 bits per heavy atom. The standard InChI is InChI=1S/C23H19NO8Si/c24-12-33(13-4-2-1-3-5-13,14-6-8-16(20(25)26)18(10-14)22(29)30)15-7-9-17(21(27)28)19(11-15)23(31)32/h1-11H,12,24H2,(H,25,26)(H,27,28)(H,29,30)(H,31,32). The lowest BCUT2D eigenvalue weighted by atomic mass is 10.1. The maximum Gasteiger partial charge on any atom is 0.336 e. The second kappa shape index (κ2) is 9.07. The van der Waals surface area contributed by atoms with Crippen molar-refractivity contribution >= 4 is 47.5 Å². The molecule has 0 bridgehead atoms. The number of hydrogen-bond acceptors (Lipinski definition) is 5. The largest absolute Gasteiger partial charge is 0.478 e. The molecule has 10 heteroatoms. The molecule has 0 atom stereocenters. The van der Waals surface area contributed by atoms with E-state index in [9.17, 15) is 39.6 Å². The fourth-order valence-corrected chi connectivity index (χ4v) is 7.91. The summed E-state index contributed by atoms with van der Waals surface area (Å²) in [5, 5.41) is 39.6. The van der Waals surface area contributed by atoms with E-state index in [-0.39, 0.29) is 6.17 Å². The third-order valence-electron chi connectivity index (χ3n) is 5.52. The second-order valence-corrected chi connectivity index (χ2v) is 11.2. The van der Waals surface area contributed by atoms with E-state index in [1.54, 1.807) is 30.3 Å². The molecular formula is C23H19NO8Si. The summed E-state index contributed by atoms with van der Waals surface area (Å²) in [6.45, 7) is 0. The van der Waals surface area contributed by atoms with Gasteiger partial charge in [-0.05, 0) is 46.0 Å². The summed E-state index contributed by atoms with van der Waals surface area (Å²) in [7, 11) is -3.30. The summed E-state index contributed by atoms with van der Waals surface area (Å²) in [5.41, 5.74) is 4.64. The number of hydrogen-bond donors (Lipinski definition) is 5. The zero-order valence-electron chi connectivity index (χ0n) is 17.1. The first-order chi connectivity index (χ1) is 15.6. The zero-order valence-corrected chi connectivity index (χ0v) is 18.1. The molecule has 168 valence electrons. The van der Waals surface area contributed by atoms with Gasteiger partial charge in [-0.15, -0.1) is 0 Å². The number of rotatable bonds is 8. The van der Waals surface area contributed by atoms with Crippen molar-refractivity contribution in [3.05, 3.63) is 89.0 Å². The second-order valence-electron chi connectivity index (χ2n) is 7.22. The average molecular weight is 465 g/mol. The lowest BCUT2D eigenvalue weighted by Gasteiger charge is -2.33. The molecule has 3 aromatic carbocycles. The van der Waals surface area contributed by atoms with Crippen molar-refractivity contribution < 1.29 is 39.6 Å². The number of aromatic carboxylic acids is 4. The van der Waals surface area contributed by atoms with Gasteiger partial charge < -0.3 is 26.2 Å². The predicted octanol–water partition coefficient (Wildman–Crippen LogP) is 0.448. The van der Waals surface area contributed by atoms with Crippen molar-refractivity contribution in [2.24, 2.45) is 5.73 Å². The Labute approximate surface area is 188 Å². The van der Waals surface area contributed by atoms with Crippen LogP contribution in [0.4, 0.5) is 0 Å². The molecule has 0 amide bonds. The molecule has 0 aromatic heterocycles. The highest BCUT2D eigenvalue weighted by Crippen LogP contribution is 2.15. The van der Waals surface area contributed by atoms with E-state index in [1.807, 2.05) is 0 Å². The van der Waals surface area contributed by atoms with Crippen LogP contribution in [-0.4, -0.2) is 58.5 Å². The Balaban J connectivity index is 2.42.